The lowest BCUT2D eigenvalue weighted by atomic mass is 9.90. The quantitative estimate of drug-likeness (QED) is 0.713. The van der Waals surface area contributed by atoms with Crippen molar-refractivity contribution in [2.45, 2.75) is 38.0 Å². The van der Waals surface area contributed by atoms with Gasteiger partial charge in [0.1, 0.15) is 0 Å². The standard InChI is InChI=1S/C13H14BrNS/c14-10-6-7-11-12(8-10)16-13(15-11)9-4-2-1-3-5-9/h6-9H,1-5H2. The minimum atomic E-state index is 0.727. The van der Waals surface area contributed by atoms with E-state index in [2.05, 4.69) is 34.1 Å². The van der Waals surface area contributed by atoms with Gasteiger partial charge < -0.3 is 0 Å². The number of aromatic nitrogens is 1. The monoisotopic (exact) mass is 295 g/mol. The van der Waals surface area contributed by atoms with Gasteiger partial charge in [-0.3, -0.25) is 0 Å². The van der Waals surface area contributed by atoms with E-state index in [9.17, 15) is 0 Å². The first-order valence-electron chi connectivity index (χ1n) is 5.89. The number of hydrogen-bond acceptors (Lipinski definition) is 2. The summed E-state index contributed by atoms with van der Waals surface area (Å²) in [6, 6.07) is 6.37. The number of hydrogen-bond donors (Lipinski definition) is 0. The Hall–Kier alpha value is -0.410. The van der Waals surface area contributed by atoms with E-state index in [1.54, 1.807) is 0 Å². The molecular weight excluding hydrogens is 282 g/mol. The van der Waals surface area contributed by atoms with Gasteiger partial charge in [0.2, 0.25) is 0 Å². The number of fused-ring (bicyclic) bond motifs is 1. The molecule has 0 saturated heterocycles. The highest BCUT2D eigenvalue weighted by atomic mass is 79.9. The predicted octanol–water partition coefficient (Wildman–Crippen LogP) is 5.11. The van der Waals surface area contributed by atoms with Gasteiger partial charge in [-0.15, -0.1) is 11.3 Å². The Bertz CT molecular complexity index is 500. The van der Waals surface area contributed by atoms with E-state index >= 15 is 0 Å². The third-order valence-electron chi connectivity index (χ3n) is 3.32. The number of halogens is 1. The Kier molecular flexibility index (Phi) is 2.99. The molecule has 1 heterocycles. The first kappa shape index (κ1) is 10.7. The maximum absolute atomic E-state index is 4.78. The highest BCUT2D eigenvalue weighted by Gasteiger charge is 2.19. The zero-order valence-electron chi connectivity index (χ0n) is 9.08. The van der Waals surface area contributed by atoms with Gasteiger partial charge in [0.15, 0.2) is 0 Å². The van der Waals surface area contributed by atoms with E-state index in [4.69, 9.17) is 4.98 Å². The first-order valence-corrected chi connectivity index (χ1v) is 7.50. The van der Waals surface area contributed by atoms with E-state index in [0.29, 0.717) is 0 Å². The van der Waals surface area contributed by atoms with Crippen molar-refractivity contribution < 1.29 is 0 Å². The number of rotatable bonds is 1. The van der Waals surface area contributed by atoms with Crippen molar-refractivity contribution in [3.8, 4) is 0 Å². The summed E-state index contributed by atoms with van der Waals surface area (Å²) in [6.07, 6.45) is 6.84. The summed E-state index contributed by atoms with van der Waals surface area (Å²) in [4.78, 5) is 4.78. The van der Waals surface area contributed by atoms with Crippen LogP contribution in [0, 0.1) is 0 Å². The van der Waals surface area contributed by atoms with Crippen LogP contribution in [-0.2, 0) is 0 Å². The van der Waals surface area contributed by atoms with Crippen molar-refractivity contribution >= 4 is 37.5 Å². The van der Waals surface area contributed by atoms with E-state index in [1.807, 2.05) is 11.3 Å². The van der Waals surface area contributed by atoms with Crippen molar-refractivity contribution in [1.82, 2.24) is 4.98 Å². The Morgan fingerprint density at radius 1 is 1.19 bits per heavy atom. The molecule has 0 bridgehead atoms. The Morgan fingerprint density at radius 2 is 2.00 bits per heavy atom. The zero-order chi connectivity index (χ0) is 11.0. The summed E-state index contributed by atoms with van der Waals surface area (Å²) in [5, 5.41) is 1.35. The molecule has 0 aliphatic heterocycles. The Morgan fingerprint density at radius 3 is 2.81 bits per heavy atom. The van der Waals surface area contributed by atoms with Gasteiger partial charge in [-0.1, -0.05) is 35.2 Å². The van der Waals surface area contributed by atoms with Crippen LogP contribution >= 0.6 is 27.3 Å². The molecule has 1 fully saturated rings. The van der Waals surface area contributed by atoms with Crippen LogP contribution in [0.15, 0.2) is 22.7 Å². The van der Waals surface area contributed by atoms with Gasteiger partial charge in [0, 0.05) is 10.4 Å². The highest BCUT2D eigenvalue weighted by molar-refractivity contribution is 9.10. The number of thiazole rings is 1. The molecule has 0 unspecified atom stereocenters. The molecule has 0 N–H and O–H groups in total. The summed E-state index contributed by atoms with van der Waals surface area (Å²) in [7, 11) is 0. The zero-order valence-corrected chi connectivity index (χ0v) is 11.5. The smallest absolute Gasteiger partial charge is 0.0969 e. The molecule has 84 valence electrons. The van der Waals surface area contributed by atoms with Crippen LogP contribution in [0.2, 0.25) is 0 Å². The van der Waals surface area contributed by atoms with Crippen LogP contribution in [0.4, 0.5) is 0 Å². The largest absolute Gasteiger partial charge is 0.241 e. The lowest BCUT2D eigenvalue weighted by Gasteiger charge is -2.18. The summed E-state index contributed by atoms with van der Waals surface area (Å²) in [6.45, 7) is 0. The van der Waals surface area contributed by atoms with Gasteiger partial charge in [-0.2, -0.15) is 0 Å². The summed E-state index contributed by atoms with van der Waals surface area (Å²) in [5.74, 6) is 0.727. The van der Waals surface area contributed by atoms with Crippen LogP contribution < -0.4 is 0 Å². The highest BCUT2D eigenvalue weighted by Crippen LogP contribution is 2.37. The van der Waals surface area contributed by atoms with Crippen molar-refractivity contribution in [1.29, 1.82) is 0 Å². The van der Waals surface area contributed by atoms with Gasteiger partial charge in [-0.05, 0) is 31.0 Å². The second-order valence-electron chi connectivity index (χ2n) is 4.50. The summed E-state index contributed by atoms with van der Waals surface area (Å²) >= 11 is 5.39. The van der Waals surface area contributed by atoms with Gasteiger partial charge in [0.05, 0.1) is 15.2 Å². The average Bonchev–Trinajstić information content (AvgIpc) is 2.73. The minimum Gasteiger partial charge on any atom is -0.241 e. The van der Waals surface area contributed by atoms with Crippen LogP contribution in [0.3, 0.4) is 0 Å². The Labute approximate surface area is 108 Å². The first-order chi connectivity index (χ1) is 7.83. The maximum atomic E-state index is 4.78. The molecule has 1 aliphatic carbocycles. The molecule has 1 saturated carbocycles. The SMILES string of the molecule is Brc1ccc2nc(C3CCCCC3)sc2c1. The van der Waals surface area contributed by atoms with Crippen LogP contribution in [-0.4, -0.2) is 4.98 Å². The van der Waals surface area contributed by atoms with Crippen molar-refractivity contribution in [3.05, 3.63) is 27.7 Å². The predicted molar refractivity (Wildman–Crippen MR) is 73.1 cm³/mol. The lowest BCUT2D eigenvalue weighted by molar-refractivity contribution is 0.443. The molecule has 1 aliphatic rings. The lowest BCUT2D eigenvalue weighted by Crippen LogP contribution is -2.03. The molecule has 1 nitrogen and oxygen atoms in total. The fourth-order valence-corrected chi connectivity index (χ4v) is 4.13. The molecule has 3 rings (SSSR count). The summed E-state index contributed by atoms with van der Waals surface area (Å²) < 4.78 is 2.47. The van der Waals surface area contributed by atoms with Crippen molar-refractivity contribution in [2.75, 3.05) is 0 Å². The molecule has 2 aromatic rings. The topological polar surface area (TPSA) is 12.9 Å². The normalized spacial score (nSPS) is 18.1. The van der Waals surface area contributed by atoms with Crippen LogP contribution in [0.25, 0.3) is 10.2 Å². The van der Waals surface area contributed by atoms with Gasteiger partial charge in [-0.25, -0.2) is 4.98 Å². The van der Waals surface area contributed by atoms with Crippen molar-refractivity contribution in [3.63, 3.8) is 0 Å². The van der Waals surface area contributed by atoms with E-state index in [1.165, 1.54) is 41.8 Å². The Balaban J connectivity index is 1.97. The fourth-order valence-electron chi connectivity index (χ4n) is 2.44. The molecule has 1 aromatic carbocycles. The molecule has 1 aromatic heterocycles. The third-order valence-corrected chi connectivity index (χ3v) is 5.00. The van der Waals surface area contributed by atoms with Crippen LogP contribution in [0.5, 0.6) is 0 Å². The van der Waals surface area contributed by atoms with E-state index < -0.39 is 0 Å². The third kappa shape index (κ3) is 2.03. The maximum Gasteiger partial charge on any atom is 0.0969 e. The number of benzene rings is 1. The van der Waals surface area contributed by atoms with E-state index in [-0.39, 0.29) is 0 Å². The van der Waals surface area contributed by atoms with Gasteiger partial charge >= 0.3 is 0 Å². The minimum absolute atomic E-state index is 0.727. The fraction of sp³-hybridized carbons (Fsp3) is 0.462. The second-order valence-corrected chi connectivity index (χ2v) is 6.48. The molecular formula is C13H14BrNS. The molecule has 16 heavy (non-hydrogen) atoms. The van der Waals surface area contributed by atoms with E-state index in [0.717, 1.165) is 15.9 Å². The van der Waals surface area contributed by atoms with Gasteiger partial charge in [0.25, 0.3) is 0 Å². The average molecular weight is 296 g/mol. The van der Waals surface area contributed by atoms with Crippen LogP contribution in [0.1, 0.15) is 43.0 Å². The molecule has 0 spiro atoms. The summed E-state index contributed by atoms with van der Waals surface area (Å²) in [5.41, 5.74) is 1.16. The molecule has 0 amide bonds. The molecule has 0 radical (unpaired) electrons. The van der Waals surface area contributed by atoms with Crippen molar-refractivity contribution in [2.24, 2.45) is 0 Å². The molecule has 3 heteroatoms. The second kappa shape index (κ2) is 4.46. The number of nitrogens with zero attached hydrogens (tertiary/aromatic N) is 1. The molecule has 0 atom stereocenters.